The molecule has 0 saturated heterocycles. The van der Waals surface area contributed by atoms with Crippen LogP contribution in [-0.2, 0) is 10.4 Å². The van der Waals surface area contributed by atoms with Crippen molar-refractivity contribution in [2.75, 3.05) is 5.32 Å². The number of aromatic amines is 1. The van der Waals surface area contributed by atoms with Crippen molar-refractivity contribution >= 4 is 17.4 Å². The summed E-state index contributed by atoms with van der Waals surface area (Å²) < 4.78 is 1.74. The molecule has 1 fully saturated rings. The van der Waals surface area contributed by atoms with Crippen molar-refractivity contribution in [3.8, 4) is 5.82 Å². The van der Waals surface area contributed by atoms with Crippen molar-refractivity contribution in [1.82, 2.24) is 29.9 Å². The van der Waals surface area contributed by atoms with Gasteiger partial charge in [-0.2, -0.15) is 10.2 Å². The molecule has 0 aliphatic heterocycles. The van der Waals surface area contributed by atoms with Gasteiger partial charge in [-0.05, 0) is 74.4 Å². The zero-order valence-electron chi connectivity index (χ0n) is 21.9. The number of pyridine rings is 2. The van der Waals surface area contributed by atoms with Crippen LogP contribution in [0.1, 0.15) is 67.1 Å². The number of carbonyl (C=O) groups is 1. The van der Waals surface area contributed by atoms with E-state index in [1.165, 1.54) is 0 Å². The summed E-state index contributed by atoms with van der Waals surface area (Å²) in [5.74, 6) is 2.19. The number of carbonyl (C=O) groups excluding carboxylic acids is 1. The molecule has 4 heterocycles. The van der Waals surface area contributed by atoms with Gasteiger partial charge >= 0.3 is 0 Å². The maximum Gasteiger partial charge on any atom is 0.153 e. The van der Waals surface area contributed by atoms with Crippen LogP contribution in [0.15, 0.2) is 48.9 Å². The molecule has 1 aliphatic rings. The highest BCUT2D eigenvalue weighted by molar-refractivity contribution is 5.86. The number of hydrogen-bond acceptors (Lipinski definition) is 7. The van der Waals surface area contributed by atoms with E-state index in [1.807, 2.05) is 77.3 Å². The fourth-order valence-electron chi connectivity index (χ4n) is 5.21. The summed E-state index contributed by atoms with van der Waals surface area (Å²) >= 11 is 0. The molecule has 4 aromatic rings. The Morgan fingerprint density at radius 1 is 1.14 bits per heavy atom. The molecule has 0 aromatic carbocycles. The molecule has 1 atom stereocenters. The van der Waals surface area contributed by atoms with E-state index in [9.17, 15) is 9.90 Å². The molecule has 0 spiro atoms. The minimum atomic E-state index is -1.14. The summed E-state index contributed by atoms with van der Waals surface area (Å²) in [5.41, 5.74) is 2.83. The van der Waals surface area contributed by atoms with Gasteiger partial charge in [0.1, 0.15) is 17.2 Å². The maximum atomic E-state index is 13.3. The first-order valence-corrected chi connectivity index (χ1v) is 12.5. The first-order chi connectivity index (χ1) is 17.5. The van der Waals surface area contributed by atoms with Gasteiger partial charge in [0.05, 0.1) is 11.9 Å². The third kappa shape index (κ3) is 5.04. The predicted octanol–water partition coefficient (Wildman–Crippen LogP) is 4.80. The van der Waals surface area contributed by atoms with E-state index in [1.54, 1.807) is 10.9 Å². The van der Waals surface area contributed by atoms with E-state index in [0.717, 1.165) is 28.2 Å². The number of Topliss-reactive ketones (excluding diaryl/α,β-unsaturated/α-hetero) is 1. The number of H-pyrrole nitrogens is 1. The summed E-state index contributed by atoms with van der Waals surface area (Å²) in [5, 5.41) is 26.0. The lowest BCUT2D eigenvalue weighted by Gasteiger charge is -2.50. The Hall–Kier alpha value is -3.85. The SMILES string of the molecule is Cc1cc(Nc2cc(C)[nH]n2)nc(C2(O)CC(C)(C(=O)C[C@@H](C)c3ccc(-n4cc(C)cn4)nc3)C2)c1. The van der Waals surface area contributed by atoms with Gasteiger partial charge in [-0.25, -0.2) is 14.6 Å². The van der Waals surface area contributed by atoms with Crippen molar-refractivity contribution in [2.24, 2.45) is 5.41 Å². The Labute approximate surface area is 216 Å². The van der Waals surface area contributed by atoms with Crippen LogP contribution >= 0.6 is 0 Å². The average Bonchev–Trinajstić information content (AvgIpc) is 3.45. The quantitative estimate of drug-likeness (QED) is 0.318. The Morgan fingerprint density at radius 3 is 2.54 bits per heavy atom. The minimum absolute atomic E-state index is 0.0177. The molecule has 4 aromatic heterocycles. The second-order valence-corrected chi connectivity index (χ2v) is 10.9. The van der Waals surface area contributed by atoms with Crippen LogP contribution in [0.2, 0.25) is 0 Å². The molecule has 37 heavy (non-hydrogen) atoms. The summed E-state index contributed by atoms with van der Waals surface area (Å²) in [7, 11) is 0. The van der Waals surface area contributed by atoms with E-state index >= 15 is 0 Å². The van der Waals surface area contributed by atoms with Gasteiger partial charge in [0.2, 0.25) is 0 Å². The molecule has 9 nitrogen and oxygen atoms in total. The summed E-state index contributed by atoms with van der Waals surface area (Å²) in [4.78, 5) is 22.5. The molecule has 192 valence electrons. The minimum Gasteiger partial charge on any atom is -0.383 e. The van der Waals surface area contributed by atoms with Crippen LogP contribution in [0.3, 0.4) is 0 Å². The van der Waals surface area contributed by atoms with Gasteiger partial charge in [0.15, 0.2) is 11.6 Å². The fourth-order valence-corrected chi connectivity index (χ4v) is 5.21. The smallest absolute Gasteiger partial charge is 0.153 e. The summed E-state index contributed by atoms with van der Waals surface area (Å²) in [6.07, 6.45) is 6.61. The third-order valence-electron chi connectivity index (χ3n) is 7.22. The van der Waals surface area contributed by atoms with E-state index in [2.05, 4.69) is 30.6 Å². The number of anilines is 2. The standard InChI is InChI=1S/C28H33N7O2/c1-17-8-22(31-24(9-17)32-25-11-20(4)33-34-25)28(37)15-27(5,16-28)23(36)10-19(3)21-6-7-26(29-13-21)35-14-18(2)12-30-35/h6-9,11-14,19,37H,10,15-16H2,1-5H3,(H2,31,32,33,34)/t19-,27?,28?/m1/s1. The monoisotopic (exact) mass is 499 g/mol. The van der Waals surface area contributed by atoms with E-state index < -0.39 is 11.0 Å². The largest absolute Gasteiger partial charge is 0.383 e. The number of nitrogens with zero attached hydrogens (tertiary/aromatic N) is 5. The van der Waals surface area contributed by atoms with Gasteiger partial charge in [-0.3, -0.25) is 9.89 Å². The lowest BCUT2D eigenvalue weighted by Crippen LogP contribution is -2.52. The number of hydrogen-bond donors (Lipinski definition) is 3. The highest BCUT2D eigenvalue weighted by Crippen LogP contribution is 2.55. The van der Waals surface area contributed by atoms with Crippen molar-refractivity contribution in [1.29, 1.82) is 0 Å². The molecule has 0 radical (unpaired) electrons. The average molecular weight is 500 g/mol. The Morgan fingerprint density at radius 2 is 1.92 bits per heavy atom. The number of aliphatic hydroxyl groups is 1. The second kappa shape index (κ2) is 9.23. The normalized spacial score (nSPS) is 21.9. The van der Waals surface area contributed by atoms with Crippen molar-refractivity contribution in [3.05, 3.63) is 77.0 Å². The molecule has 1 aliphatic carbocycles. The topological polar surface area (TPSA) is 122 Å². The number of aromatic nitrogens is 6. The predicted molar refractivity (Wildman–Crippen MR) is 141 cm³/mol. The molecule has 5 rings (SSSR count). The number of aryl methyl sites for hydroxylation is 3. The third-order valence-corrected chi connectivity index (χ3v) is 7.22. The molecular formula is C28H33N7O2. The van der Waals surface area contributed by atoms with Gasteiger partial charge in [-0.1, -0.05) is 19.9 Å². The van der Waals surface area contributed by atoms with E-state index in [0.29, 0.717) is 36.6 Å². The van der Waals surface area contributed by atoms with Crippen LogP contribution in [0.5, 0.6) is 0 Å². The molecule has 0 amide bonds. The number of nitrogens with one attached hydrogen (secondary N) is 2. The van der Waals surface area contributed by atoms with Gasteiger partial charge in [0.25, 0.3) is 0 Å². The van der Waals surface area contributed by atoms with Crippen molar-refractivity contribution in [3.63, 3.8) is 0 Å². The lowest BCUT2D eigenvalue weighted by molar-refractivity contribution is -0.162. The highest BCUT2D eigenvalue weighted by atomic mass is 16.3. The zero-order chi connectivity index (χ0) is 26.4. The van der Waals surface area contributed by atoms with E-state index in [-0.39, 0.29) is 11.7 Å². The van der Waals surface area contributed by atoms with E-state index in [4.69, 9.17) is 0 Å². The first kappa shape index (κ1) is 24.8. The second-order valence-electron chi connectivity index (χ2n) is 10.9. The lowest BCUT2D eigenvalue weighted by atomic mass is 9.56. The van der Waals surface area contributed by atoms with Gasteiger partial charge in [0, 0.05) is 36.0 Å². The van der Waals surface area contributed by atoms with Gasteiger partial charge in [-0.15, -0.1) is 0 Å². The van der Waals surface area contributed by atoms with Gasteiger partial charge < -0.3 is 10.4 Å². The first-order valence-electron chi connectivity index (χ1n) is 12.5. The Bertz CT molecular complexity index is 1430. The fraction of sp³-hybridized carbons (Fsp3) is 0.393. The molecule has 0 bridgehead atoms. The van der Waals surface area contributed by atoms with Crippen LogP contribution in [0.25, 0.3) is 5.82 Å². The highest BCUT2D eigenvalue weighted by Gasteiger charge is 2.56. The molecule has 0 unspecified atom stereocenters. The van der Waals surface area contributed by atoms with Crippen molar-refractivity contribution in [2.45, 2.75) is 65.4 Å². The Kier molecular flexibility index (Phi) is 6.19. The number of rotatable bonds is 8. The van der Waals surface area contributed by atoms with Crippen LogP contribution < -0.4 is 5.32 Å². The molecule has 3 N–H and O–H groups in total. The zero-order valence-corrected chi connectivity index (χ0v) is 21.9. The molecule has 9 heteroatoms. The summed E-state index contributed by atoms with van der Waals surface area (Å²) in [6.45, 7) is 9.86. The molecule has 1 saturated carbocycles. The Balaban J connectivity index is 1.24. The van der Waals surface area contributed by atoms with Crippen LogP contribution in [0.4, 0.5) is 11.6 Å². The maximum absolute atomic E-state index is 13.3. The summed E-state index contributed by atoms with van der Waals surface area (Å²) in [6, 6.07) is 9.62. The van der Waals surface area contributed by atoms with Crippen LogP contribution in [-0.4, -0.2) is 40.8 Å². The van der Waals surface area contributed by atoms with Crippen LogP contribution in [0, 0.1) is 26.2 Å². The number of ketones is 1. The van der Waals surface area contributed by atoms with Crippen molar-refractivity contribution < 1.29 is 9.90 Å². The molecular weight excluding hydrogens is 466 g/mol.